The number of hydrogen-bond donors (Lipinski definition) is 0. The number of nitrogens with zero attached hydrogens (tertiary/aromatic N) is 1. The van der Waals surface area contributed by atoms with Crippen molar-refractivity contribution < 1.29 is 4.58 Å². The van der Waals surface area contributed by atoms with Gasteiger partial charge in [0.05, 0.1) is 10.6 Å². The van der Waals surface area contributed by atoms with Gasteiger partial charge in [0.1, 0.15) is 13.1 Å². The molecule has 1 aliphatic heterocycles. The highest BCUT2D eigenvalue weighted by Gasteiger charge is 2.12. The Kier molecular flexibility index (Phi) is 2.65. The van der Waals surface area contributed by atoms with E-state index in [1.54, 1.807) is 0 Å². The van der Waals surface area contributed by atoms with Gasteiger partial charge in [0.25, 0.3) is 0 Å². The summed E-state index contributed by atoms with van der Waals surface area (Å²) in [6.07, 6.45) is 4.78. The first-order chi connectivity index (χ1) is 6.36. The molecule has 0 bridgehead atoms. The van der Waals surface area contributed by atoms with Crippen LogP contribution < -0.4 is 0 Å². The number of hydrogen-bond acceptors (Lipinski definition) is 0. The molecule has 0 amide bonds. The molecule has 13 heavy (non-hydrogen) atoms. The van der Waals surface area contributed by atoms with Crippen molar-refractivity contribution in [2.75, 3.05) is 13.1 Å². The van der Waals surface area contributed by atoms with Crippen LogP contribution in [0.15, 0.2) is 24.3 Å². The third kappa shape index (κ3) is 2.10. The summed E-state index contributed by atoms with van der Waals surface area (Å²) in [5.41, 5.74) is 1.13. The van der Waals surface area contributed by atoms with Gasteiger partial charge in [0.2, 0.25) is 0 Å². The normalized spacial score (nSPS) is 16.2. The Morgan fingerprint density at radius 2 is 1.85 bits per heavy atom. The van der Waals surface area contributed by atoms with Crippen molar-refractivity contribution in [3.05, 3.63) is 34.9 Å². The molecule has 1 heterocycles. The minimum atomic E-state index is 0.842. The molecular formula is C11H13ClN+. The zero-order valence-corrected chi connectivity index (χ0v) is 8.30. The largest absolute Gasteiger partial charge is 0.235 e. The summed E-state index contributed by atoms with van der Waals surface area (Å²) in [4.78, 5) is 0. The molecule has 0 aromatic heterocycles. The van der Waals surface area contributed by atoms with E-state index in [0.717, 1.165) is 10.6 Å². The molecule has 1 saturated heterocycles. The van der Waals surface area contributed by atoms with Crippen LogP contribution in [0.25, 0.3) is 0 Å². The maximum atomic E-state index is 6.04. The van der Waals surface area contributed by atoms with E-state index < -0.39 is 0 Å². The van der Waals surface area contributed by atoms with Crippen LogP contribution in [0.1, 0.15) is 18.4 Å². The van der Waals surface area contributed by atoms with E-state index in [1.165, 1.54) is 25.9 Å². The van der Waals surface area contributed by atoms with Crippen LogP contribution in [0.2, 0.25) is 5.02 Å². The first-order valence-electron chi connectivity index (χ1n) is 4.70. The van der Waals surface area contributed by atoms with Gasteiger partial charge >= 0.3 is 0 Å². The minimum absolute atomic E-state index is 0.842. The van der Waals surface area contributed by atoms with Crippen molar-refractivity contribution in [2.45, 2.75) is 12.8 Å². The highest BCUT2D eigenvalue weighted by atomic mass is 35.5. The van der Waals surface area contributed by atoms with Crippen LogP contribution in [-0.4, -0.2) is 23.9 Å². The van der Waals surface area contributed by atoms with E-state index in [0.29, 0.717) is 0 Å². The predicted molar refractivity (Wildman–Crippen MR) is 55.8 cm³/mol. The third-order valence-electron chi connectivity index (χ3n) is 2.37. The monoisotopic (exact) mass is 194 g/mol. The third-order valence-corrected chi connectivity index (χ3v) is 2.71. The van der Waals surface area contributed by atoms with E-state index >= 15 is 0 Å². The Labute approximate surface area is 83.7 Å². The molecule has 1 fully saturated rings. The van der Waals surface area contributed by atoms with Crippen molar-refractivity contribution in [3.8, 4) is 0 Å². The Bertz CT molecular complexity index is 323. The molecule has 0 N–H and O–H groups in total. The van der Waals surface area contributed by atoms with Crippen molar-refractivity contribution in [1.29, 1.82) is 0 Å². The average Bonchev–Trinajstić information content (AvgIpc) is 2.61. The van der Waals surface area contributed by atoms with Crippen LogP contribution in [0, 0.1) is 0 Å². The smallest absolute Gasteiger partial charge is 0.172 e. The first kappa shape index (κ1) is 8.76. The summed E-state index contributed by atoms with van der Waals surface area (Å²) in [6, 6.07) is 7.97. The van der Waals surface area contributed by atoms with Gasteiger partial charge in [0.15, 0.2) is 6.21 Å². The Balaban J connectivity index is 2.25. The van der Waals surface area contributed by atoms with E-state index in [4.69, 9.17) is 11.6 Å². The van der Waals surface area contributed by atoms with Gasteiger partial charge < -0.3 is 0 Å². The number of benzene rings is 1. The van der Waals surface area contributed by atoms with E-state index in [2.05, 4.69) is 16.9 Å². The second-order valence-corrected chi connectivity index (χ2v) is 3.80. The van der Waals surface area contributed by atoms with Crippen LogP contribution >= 0.6 is 11.6 Å². The SMILES string of the molecule is Clc1ccccc1C=[N+]1CCCC1. The van der Waals surface area contributed by atoms with Gasteiger partial charge in [-0.1, -0.05) is 23.7 Å². The fourth-order valence-corrected chi connectivity index (χ4v) is 1.83. The van der Waals surface area contributed by atoms with Crippen LogP contribution in [0.5, 0.6) is 0 Å². The van der Waals surface area contributed by atoms with E-state index in [-0.39, 0.29) is 0 Å². The lowest BCUT2D eigenvalue weighted by atomic mass is 10.2. The van der Waals surface area contributed by atoms with E-state index in [1.807, 2.05) is 18.2 Å². The molecule has 1 nitrogen and oxygen atoms in total. The van der Waals surface area contributed by atoms with Gasteiger partial charge in [-0.15, -0.1) is 0 Å². The zero-order chi connectivity index (χ0) is 9.10. The fraction of sp³-hybridized carbons (Fsp3) is 0.364. The Morgan fingerprint density at radius 1 is 1.15 bits per heavy atom. The molecule has 1 aliphatic rings. The highest BCUT2D eigenvalue weighted by Crippen LogP contribution is 2.13. The molecule has 68 valence electrons. The number of rotatable bonds is 1. The molecule has 2 heteroatoms. The fourth-order valence-electron chi connectivity index (χ4n) is 1.65. The molecule has 0 unspecified atom stereocenters. The van der Waals surface area contributed by atoms with Gasteiger partial charge in [-0.25, -0.2) is 4.58 Å². The van der Waals surface area contributed by atoms with Gasteiger partial charge in [0, 0.05) is 12.8 Å². The quantitative estimate of drug-likeness (QED) is 0.605. The molecular weight excluding hydrogens is 182 g/mol. The lowest BCUT2D eigenvalue weighted by Gasteiger charge is -1.95. The standard InChI is InChI=1S/C11H13ClN/c12-11-6-2-1-5-10(11)9-13-7-3-4-8-13/h1-2,5-6,9H,3-4,7-8H2/q+1. The lowest BCUT2D eigenvalue weighted by Crippen LogP contribution is -2.08. The maximum Gasteiger partial charge on any atom is 0.172 e. The molecule has 2 rings (SSSR count). The van der Waals surface area contributed by atoms with Crippen molar-refractivity contribution in [1.82, 2.24) is 0 Å². The molecule has 0 atom stereocenters. The summed E-state index contributed by atoms with van der Waals surface area (Å²) in [7, 11) is 0. The van der Waals surface area contributed by atoms with Gasteiger partial charge in [-0.3, -0.25) is 0 Å². The zero-order valence-electron chi connectivity index (χ0n) is 7.54. The van der Waals surface area contributed by atoms with Crippen molar-refractivity contribution in [2.24, 2.45) is 0 Å². The Hall–Kier alpha value is -0.820. The van der Waals surface area contributed by atoms with Crippen LogP contribution in [0.4, 0.5) is 0 Å². The van der Waals surface area contributed by atoms with Crippen molar-refractivity contribution >= 4 is 17.8 Å². The lowest BCUT2D eigenvalue weighted by molar-refractivity contribution is -0.500. The summed E-state index contributed by atoms with van der Waals surface area (Å²) >= 11 is 6.04. The minimum Gasteiger partial charge on any atom is -0.235 e. The Morgan fingerprint density at radius 3 is 2.54 bits per heavy atom. The second kappa shape index (κ2) is 3.93. The van der Waals surface area contributed by atoms with Crippen LogP contribution in [0.3, 0.4) is 0 Å². The van der Waals surface area contributed by atoms with Crippen LogP contribution in [-0.2, 0) is 0 Å². The molecule has 0 radical (unpaired) electrons. The number of halogens is 1. The highest BCUT2D eigenvalue weighted by molar-refractivity contribution is 6.32. The molecule has 1 aromatic carbocycles. The van der Waals surface area contributed by atoms with Crippen molar-refractivity contribution in [3.63, 3.8) is 0 Å². The summed E-state index contributed by atoms with van der Waals surface area (Å²) in [5.74, 6) is 0. The second-order valence-electron chi connectivity index (χ2n) is 3.39. The summed E-state index contributed by atoms with van der Waals surface area (Å²) < 4.78 is 2.33. The average molecular weight is 195 g/mol. The molecule has 0 aliphatic carbocycles. The maximum absolute atomic E-state index is 6.04. The molecule has 1 aromatic rings. The van der Waals surface area contributed by atoms with E-state index in [9.17, 15) is 0 Å². The summed E-state index contributed by atoms with van der Waals surface area (Å²) in [6.45, 7) is 2.34. The topological polar surface area (TPSA) is 3.01 Å². The predicted octanol–water partition coefficient (Wildman–Crippen LogP) is 2.57. The molecule has 0 spiro atoms. The van der Waals surface area contributed by atoms with Gasteiger partial charge in [-0.05, 0) is 12.1 Å². The van der Waals surface area contributed by atoms with Gasteiger partial charge in [-0.2, -0.15) is 0 Å². The summed E-state index contributed by atoms with van der Waals surface area (Å²) in [5, 5.41) is 0.842. The first-order valence-corrected chi connectivity index (χ1v) is 5.07. The molecule has 0 saturated carbocycles.